The van der Waals surface area contributed by atoms with E-state index in [1.54, 1.807) is 24.3 Å². The molecule has 0 spiro atoms. The van der Waals surface area contributed by atoms with Crippen LogP contribution in [-0.2, 0) is 60.9 Å². The molecule has 0 radical (unpaired) electrons. The molecule has 0 saturated carbocycles. The van der Waals surface area contributed by atoms with E-state index < -0.39 is 103 Å². The van der Waals surface area contributed by atoms with Gasteiger partial charge in [0.1, 0.15) is 12.1 Å². The first kappa shape index (κ1) is 51.5. The van der Waals surface area contributed by atoms with Crippen LogP contribution in [0, 0.1) is 5.92 Å². The molecular weight excluding hydrogens is 796 g/mol. The maximum Gasteiger partial charge on any atom is 0.373 e. The molecule has 23 nitrogen and oxygen atoms in total. The van der Waals surface area contributed by atoms with E-state index in [1.807, 2.05) is 0 Å². The van der Waals surface area contributed by atoms with Crippen LogP contribution in [0.3, 0.4) is 0 Å². The average molecular weight is 843 g/mol. The summed E-state index contributed by atoms with van der Waals surface area (Å²) in [7, 11) is 0. The zero-order valence-electron chi connectivity index (χ0n) is 30.9. The number of thiol groups is 1. The van der Waals surface area contributed by atoms with E-state index >= 15 is 0 Å². The van der Waals surface area contributed by atoms with Gasteiger partial charge in [-0.15, -0.1) is 0 Å². The number of rotatable bonds is 27. The number of carbonyl (C=O) groups excluding carboxylic acids is 7. The molecule has 1 aromatic carbocycles. The van der Waals surface area contributed by atoms with E-state index in [9.17, 15) is 63.3 Å². The highest BCUT2D eigenvalue weighted by molar-refractivity contribution is 7.80. The minimum Gasteiger partial charge on any atom is -0.481 e. The zero-order chi connectivity index (χ0) is 44.2. The number of unbranched alkanes of at least 4 members (excludes halogenated alkanes) is 1. The smallest absolute Gasteiger partial charge is 0.373 e. The molecule has 0 bridgehead atoms. The number of urea groups is 2. The lowest BCUT2D eigenvalue weighted by Crippen LogP contribution is -2.47. The van der Waals surface area contributed by atoms with Crippen molar-refractivity contribution in [3.05, 3.63) is 35.4 Å². The van der Waals surface area contributed by atoms with Gasteiger partial charge in [-0.3, -0.25) is 28.8 Å². The molecule has 0 unspecified atom stereocenters. The summed E-state index contributed by atoms with van der Waals surface area (Å²) in [6.07, 6.45) is -1.71. The third-order valence-corrected chi connectivity index (χ3v) is 8.01. The van der Waals surface area contributed by atoms with Crippen LogP contribution in [0.15, 0.2) is 24.3 Å². The van der Waals surface area contributed by atoms with Crippen molar-refractivity contribution in [2.24, 2.45) is 5.92 Å². The van der Waals surface area contributed by atoms with Crippen LogP contribution in [0.5, 0.6) is 0 Å². The minimum absolute atomic E-state index is 0.0642. The van der Waals surface area contributed by atoms with E-state index in [0.29, 0.717) is 24.0 Å². The molecule has 0 aliphatic carbocycles. The Morgan fingerprint density at radius 1 is 0.603 bits per heavy atom. The molecule has 0 aliphatic rings. The van der Waals surface area contributed by atoms with Gasteiger partial charge in [0.2, 0.25) is 11.8 Å². The Hall–Kier alpha value is -6.55. The second-order valence-corrected chi connectivity index (χ2v) is 12.6. The Morgan fingerprint density at radius 3 is 1.69 bits per heavy atom. The van der Waals surface area contributed by atoms with Crippen LogP contribution in [0.2, 0.25) is 0 Å². The number of ketones is 1. The summed E-state index contributed by atoms with van der Waals surface area (Å²) in [6, 6.07) is 0.787. The average Bonchev–Trinajstić information content (AvgIpc) is 3.13. The lowest BCUT2D eigenvalue weighted by Gasteiger charge is -2.21. The molecule has 1 rings (SSSR count). The fourth-order valence-electron chi connectivity index (χ4n) is 4.78. The number of aliphatic carboxylic acids is 5. The van der Waals surface area contributed by atoms with Gasteiger partial charge in [0, 0.05) is 38.2 Å². The first-order chi connectivity index (χ1) is 27.3. The Balaban J connectivity index is 0.0000105. The number of carboxylic acids is 5. The Bertz CT molecular complexity index is 1640. The van der Waals surface area contributed by atoms with E-state index in [2.05, 4.69) is 44.5 Å². The first-order valence-electron chi connectivity index (χ1n) is 17.3. The van der Waals surface area contributed by atoms with Gasteiger partial charge in [-0.25, -0.2) is 19.2 Å². The molecule has 0 heterocycles. The third kappa shape index (κ3) is 24.1. The number of hydrogen-bond acceptors (Lipinski definition) is 13. The summed E-state index contributed by atoms with van der Waals surface area (Å²) in [5, 5.41) is 59.9. The predicted molar refractivity (Wildman–Crippen MR) is 197 cm³/mol. The highest BCUT2D eigenvalue weighted by Crippen LogP contribution is 2.14. The molecule has 4 atom stereocenters. The topological polar surface area (TPSA) is 378 Å². The highest BCUT2D eigenvalue weighted by atomic mass is 32.1. The molecule has 0 aliphatic heterocycles. The number of carboxylic acid groups (broad SMARTS) is 5. The van der Waals surface area contributed by atoms with Gasteiger partial charge in [-0.1, -0.05) is 24.3 Å². The fourth-order valence-corrected chi connectivity index (χ4v) is 5.03. The van der Waals surface area contributed by atoms with Crippen molar-refractivity contribution in [2.75, 3.05) is 18.8 Å². The van der Waals surface area contributed by atoms with Crippen LogP contribution in [0.4, 0.5) is 9.59 Å². The summed E-state index contributed by atoms with van der Waals surface area (Å²) in [4.78, 5) is 135. The van der Waals surface area contributed by atoms with Crippen molar-refractivity contribution >= 4 is 78.3 Å². The Kier molecular flexibility index (Phi) is 25.5. The summed E-state index contributed by atoms with van der Waals surface area (Å²) >= 11 is 3.81. The molecule has 6 amide bonds. The van der Waals surface area contributed by atoms with Crippen LogP contribution < -0.4 is 31.9 Å². The van der Waals surface area contributed by atoms with Crippen molar-refractivity contribution in [1.82, 2.24) is 31.9 Å². The van der Waals surface area contributed by atoms with E-state index in [4.69, 9.17) is 19.8 Å². The number of Topliss-reactive ketones (excluding diaryl/α,β-unsaturated/α-hetero) is 1. The summed E-state index contributed by atoms with van der Waals surface area (Å²) in [6.45, 7) is 0.356. The minimum atomic E-state index is -1.62. The van der Waals surface area contributed by atoms with E-state index in [0.717, 1.165) is 0 Å². The molecule has 58 heavy (non-hydrogen) atoms. The lowest BCUT2D eigenvalue weighted by molar-refractivity contribution is -0.192. The number of nitrogens with one attached hydrogen (secondary N) is 6. The highest BCUT2D eigenvalue weighted by Gasteiger charge is 2.32. The fraction of sp³-hybridized carbons (Fsp3) is 0.500. The predicted octanol–water partition coefficient (Wildman–Crippen LogP) is -1.26. The van der Waals surface area contributed by atoms with Crippen LogP contribution in [-0.4, -0.2) is 128 Å². The third-order valence-electron chi connectivity index (χ3n) is 7.64. The standard InChI is InChI=1S/C33H46N6O15S.CO2/c40-24(13-20(14-27(44)45)29(48)38-23(17-55)31(51)52)22(15-28(46)47)37-25(41)12-18-6-8-19(9-7-18)16-36-32(53)34-10-2-1-4-21(30(49)50)39-33(54)35-11-3-5-26(42)43;2-1-3/h6-9,20-23,55H,1-5,10-17H2,(H,37,41)(H,38,48)(H,42,43)(H,44,45)(H,46,47)(H,49,50)(H,51,52)(H2,34,36,53)(H2,35,39,54);/t20-,21+,22-,23+;/m1./s1. The van der Waals surface area contributed by atoms with Crippen molar-refractivity contribution in [2.45, 2.75) is 82.5 Å². The second-order valence-electron chi connectivity index (χ2n) is 12.2. The molecule has 24 heteroatoms. The molecule has 11 N–H and O–H groups in total. The molecule has 320 valence electrons. The molecule has 1 aromatic rings. The quantitative estimate of drug-likeness (QED) is 0.0363. The second kappa shape index (κ2) is 28.8. The maximum atomic E-state index is 13.0. The van der Waals surface area contributed by atoms with Crippen molar-refractivity contribution < 1.29 is 83.1 Å². The normalized spacial score (nSPS) is 12.2. The zero-order valence-corrected chi connectivity index (χ0v) is 31.8. The van der Waals surface area contributed by atoms with Gasteiger partial charge in [0.15, 0.2) is 5.78 Å². The monoisotopic (exact) mass is 842 g/mol. The van der Waals surface area contributed by atoms with Crippen LogP contribution in [0.1, 0.15) is 62.5 Å². The van der Waals surface area contributed by atoms with E-state index in [-0.39, 0.29) is 57.2 Å². The largest absolute Gasteiger partial charge is 0.481 e. The van der Waals surface area contributed by atoms with Crippen molar-refractivity contribution in [1.29, 1.82) is 0 Å². The number of amides is 6. The number of carbonyl (C=O) groups is 10. The summed E-state index contributed by atoms with van der Waals surface area (Å²) in [5.74, 6) is -11.3. The van der Waals surface area contributed by atoms with Gasteiger partial charge >= 0.3 is 48.1 Å². The molecular formula is C34H46N6O17S. The van der Waals surface area contributed by atoms with Crippen molar-refractivity contribution in [3.63, 3.8) is 0 Å². The lowest BCUT2D eigenvalue weighted by atomic mass is 9.93. The van der Waals surface area contributed by atoms with Gasteiger partial charge in [0.25, 0.3) is 0 Å². The van der Waals surface area contributed by atoms with E-state index in [1.165, 1.54) is 0 Å². The molecule has 0 saturated heterocycles. The number of hydrogen-bond donors (Lipinski definition) is 12. The van der Waals surface area contributed by atoms with Crippen LogP contribution >= 0.6 is 12.6 Å². The first-order valence-corrected chi connectivity index (χ1v) is 17.9. The van der Waals surface area contributed by atoms with Gasteiger partial charge in [0.05, 0.1) is 31.2 Å². The Labute approximate surface area is 335 Å². The van der Waals surface area contributed by atoms with Gasteiger partial charge in [-0.05, 0) is 36.8 Å². The molecule has 0 fully saturated rings. The molecule has 0 aromatic heterocycles. The number of benzene rings is 1. The summed E-state index contributed by atoms with van der Waals surface area (Å²) < 4.78 is 0. The van der Waals surface area contributed by atoms with Gasteiger partial charge in [-0.2, -0.15) is 22.2 Å². The summed E-state index contributed by atoms with van der Waals surface area (Å²) in [5.41, 5.74) is 1.09. The Morgan fingerprint density at radius 2 is 1.16 bits per heavy atom. The maximum absolute atomic E-state index is 13.0. The van der Waals surface area contributed by atoms with Crippen LogP contribution in [0.25, 0.3) is 0 Å². The van der Waals surface area contributed by atoms with Crippen molar-refractivity contribution in [3.8, 4) is 0 Å². The SMILES string of the molecule is O=C(O)CCCNC(=O)N[C@@H](CCCCNC(=O)NCc1ccc(CC(=O)N[C@H](CC(=O)O)C(=O)C[C@H](CC(=O)O)C(=O)N[C@@H](CS)C(=O)O)cc1)C(=O)O.O=C=O. The van der Waals surface area contributed by atoms with Gasteiger partial charge < -0.3 is 57.4 Å².